The summed E-state index contributed by atoms with van der Waals surface area (Å²) in [7, 11) is -1.42. The Labute approximate surface area is 218 Å². The zero-order valence-corrected chi connectivity index (χ0v) is 22.4. The maximum atomic E-state index is 13.7. The van der Waals surface area contributed by atoms with Gasteiger partial charge in [0.15, 0.2) is 16.1 Å². The molecule has 2 atom stereocenters. The quantitative estimate of drug-likeness (QED) is 0.358. The number of hydrogen-bond donors (Lipinski definition) is 1. The number of likely N-dealkylation sites (N-methyl/N-ethyl adjacent to an activating group) is 1. The molecule has 0 amide bonds. The van der Waals surface area contributed by atoms with E-state index in [2.05, 4.69) is 16.0 Å². The third-order valence-electron chi connectivity index (χ3n) is 6.63. The van der Waals surface area contributed by atoms with Gasteiger partial charge < -0.3 is 24.1 Å². The molecule has 0 aliphatic carbocycles. The van der Waals surface area contributed by atoms with Crippen LogP contribution in [0.25, 0.3) is 16.9 Å². The molecule has 0 radical (unpaired) electrons. The van der Waals surface area contributed by atoms with Gasteiger partial charge in [-0.05, 0) is 86.8 Å². The molecule has 200 valence electrons. The number of rotatable bonds is 11. The van der Waals surface area contributed by atoms with Crippen molar-refractivity contribution in [2.45, 2.75) is 43.4 Å². The molecule has 4 rings (SSSR count). The first kappa shape index (κ1) is 27.5. The van der Waals surface area contributed by atoms with Gasteiger partial charge in [-0.1, -0.05) is 12.1 Å². The van der Waals surface area contributed by atoms with E-state index < -0.39 is 9.84 Å². The zero-order chi connectivity index (χ0) is 26.4. The van der Waals surface area contributed by atoms with Gasteiger partial charge in [0, 0.05) is 24.2 Å². The highest BCUT2D eigenvalue weighted by atomic mass is 32.2. The predicted octanol–water partition coefficient (Wildman–Crippen LogP) is 4.82. The van der Waals surface area contributed by atoms with E-state index in [4.69, 9.17) is 14.2 Å². The first-order valence-corrected chi connectivity index (χ1v) is 14.4. The van der Waals surface area contributed by atoms with Gasteiger partial charge in [0.1, 0.15) is 5.82 Å². The van der Waals surface area contributed by atoms with E-state index in [-0.39, 0.29) is 23.0 Å². The SMILES string of the molecule is CNC(COCCOC1CCCCO1)c1cc(-c2ccc(S(C)(=O)=O)cc2)n(-c2ccc(F)cc2)c1C. The van der Waals surface area contributed by atoms with Crippen LogP contribution in [0.4, 0.5) is 4.39 Å². The van der Waals surface area contributed by atoms with Crippen LogP contribution in [-0.2, 0) is 24.0 Å². The van der Waals surface area contributed by atoms with Crippen LogP contribution in [0.3, 0.4) is 0 Å². The summed E-state index contributed by atoms with van der Waals surface area (Å²) < 4.78 is 56.9. The summed E-state index contributed by atoms with van der Waals surface area (Å²) in [6, 6.07) is 15.1. The van der Waals surface area contributed by atoms with Gasteiger partial charge in [0.25, 0.3) is 0 Å². The number of benzene rings is 2. The second-order valence-corrected chi connectivity index (χ2v) is 11.3. The number of nitrogens with zero attached hydrogens (tertiary/aromatic N) is 1. The summed E-state index contributed by atoms with van der Waals surface area (Å²) >= 11 is 0. The predicted molar refractivity (Wildman–Crippen MR) is 141 cm³/mol. The summed E-state index contributed by atoms with van der Waals surface area (Å²) in [5.41, 5.74) is 4.54. The molecule has 2 heterocycles. The fraction of sp³-hybridized carbons (Fsp3) is 0.429. The van der Waals surface area contributed by atoms with Gasteiger partial charge in [-0.15, -0.1) is 0 Å². The Morgan fingerprint density at radius 1 is 1.11 bits per heavy atom. The molecule has 0 bridgehead atoms. The Morgan fingerprint density at radius 3 is 2.46 bits per heavy atom. The van der Waals surface area contributed by atoms with E-state index in [1.165, 1.54) is 18.4 Å². The molecule has 1 aliphatic heterocycles. The van der Waals surface area contributed by atoms with Crippen molar-refractivity contribution in [2.24, 2.45) is 0 Å². The normalized spacial score (nSPS) is 17.1. The standard InChI is InChI=1S/C28H35FN2O5S/c1-20-25(26(30-2)19-34-16-17-36-28-6-4-5-15-35-28)18-27(31(20)23-11-9-22(29)10-12-23)21-7-13-24(14-8-21)37(3,32)33/h7-14,18,26,28,30H,4-6,15-17,19H2,1-3H3. The first-order valence-electron chi connectivity index (χ1n) is 12.5. The van der Waals surface area contributed by atoms with E-state index in [1.54, 1.807) is 36.4 Å². The minimum Gasteiger partial charge on any atom is -0.377 e. The van der Waals surface area contributed by atoms with Crippen LogP contribution in [0, 0.1) is 12.7 Å². The van der Waals surface area contributed by atoms with Crippen molar-refractivity contribution < 1.29 is 27.0 Å². The highest BCUT2D eigenvalue weighted by Crippen LogP contribution is 2.33. The van der Waals surface area contributed by atoms with Crippen LogP contribution in [0.15, 0.2) is 59.5 Å². The van der Waals surface area contributed by atoms with Crippen LogP contribution in [0.2, 0.25) is 0 Å². The lowest BCUT2D eigenvalue weighted by atomic mass is 10.1. The molecule has 2 aromatic carbocycles. The van der Waals surface area contributed by atoms with E-state index >= 15 is 0 Å². The van der Waals surface area contributed by atoms with Crippen molar-refractivity contribution in [1.29, 1.82) is 0 Å². The Kier molecular flexibility index (Phi) is 9.15. The largest absolute Gasteiger partial charge is 0.377 e. The lowest BCUT2D eigenvalue weighted by Gasteiger charge is -2.23. The van der Waals surface area contributed by atoms with Crippen molar-refractivity contribution in [3.63, 3.8) is 0 Å². The Balaban J connectivity index is 1.56. The minimum absolute atomic E-state index is 0.0957. The van der Waals surface area contributed by atoms with Gasteiger partial charge in [-0.3, -0.25) is 0 Å². The molecule has 2 unspecified atom stereocenters. The molecule has 1 aliphatic rings. The number of hydrogen-bond acceptors (Lipinski definition) is 6. The number of ether oxygens (including phenoxy) is 3. The van der Waals surface area contributed by atoms with Crippen LogP contribution in [0.1, 0.15) is 36.6 Å². The van der Waals surface area contributed by atoms with E-state index in [0.29, 0.717) is 19.8 Å². The van der Waals surface area contributed by atoms with E-state index in [1.807, 2.05) is 14.0 Å². The molecule has 0 saturated carbocycles. The molecule has 1 fully saturated rings. The Morgan fingerprint density at radius 2 is 1.84 bits per heavy atom. The molecular formula is C28H35FN2O5S. The van der Waals surface area contributed by atoms with Gasteiger partial charge in [0.2, 0.25) is 0 Å². The van der Waals surface area contributed by atoms with Crippen molar-refractivity contribution in [1.82, 2.24) is 9.88 Å². The van der Waals surface area contributed by atoms with Crippen molar-refractivity contribution in [3.05, 3.63) is 71.7 Å². The molecule has 7 nitrogen and oxygen atoms in total. The average Bonchev–Trinajstić information content (AvgIpc) is 3.23. The first-order chi connectivity index (χ1) is 17.8. The molecule has 9 heteroatoms. The monoisotopic (exact) mass is 530 g/mol. The average molecular weight is 531 g/mol. The van der Waals surface area contributed by atoms with Gasteiger partial charge in [-0.25, -0.2) is 12.8 Å². The highest BCUT2D eigenvalue weighted by molar-refractivity contribution is 7.90. The third kappa shape index (κ3) is 6.86. The molecular weight excluding hydrogens is 495 g/mol. The molecule has 1 saturated heterocycles. The molecule has 3 aromatic rings. The van der Waals surface area contributed by atoms with E-state index in [0.717, 1.165) is 54.1 Å². The zero-order valence-electron chi connectivity index (χ0n) is 21.6. The Hall–Kier alpha value is -2.56. The van der Waals surface area contributed by atoms with E-state index in [9.17, 15) is 12.8 Å². The lowest BCUT2D eigenvalue weighted by molar-refractivity contribution is -0.169. The number of sulfone groups is 1. The van der Waals surface area contributed by atoms with Gasteiger partial charge >= 0.3 is 0 Å². The topological polar surface area (TPSA) is 78.8 Å². The second kappa shape index (κ2) is 12.3. The third-order valence-corrected chi connectivity index (χ3v) is 7.76. The van der Waals surface area contributed by atoms with Gasteiger partial charge in [0.05, 0.1) is 36.5 Å². The van der Waals surface area contributed by atoms with Crippen molar-refractivity contribution >= 4 is 9.84 Å². The van der Waals surface area contributed by atoms with Crippen LogP contribution >= 0.6 is 0 Å². The highest BCUT2D eigenvalue weighted by Gasteiger charge is 2.21. The number of halogens is 1. The van der Waals surface area contributed by atoms with Crippen LogP contribution in [-0.4, -0.2) is 59.0 Å². The maximum Gasteiger partial charge on any atom is 0.175 e. The van der Waals surface area contributed by atoms with Crippen LogP contribution < -0.4 is 5.32 Å². The van der Waals surface area contributed by atoms with Crippen molar-refractivity contribution in [3.8, 4) is 16.9 Å². The lowest BCUT2D eigenvalue weighted by Crippen LogP contribution is -2.26. The second-order valence-electron chi connectivity index (χ2n) is 9.26. The number of aromatic nitrogens is 1. The van der Waals surface area contributed by atoms with Gasteiger partial charge in [-0.2, -0.15) is 0 Å². The smallest absolute Gasteiger partial charge is 0.175 e. The number of nitrogens with one attached hydrogen (secondary N) is 1. The summed E-state index contributed by atoms with van der Waals surface area (Å²) in [5, 5.41) is 3.34. The summed E-state index contributed by atoms with van der Waals surface area (Å²) in [4.78, 5) is 0.260. The summed E-state index contributed by atoms with van der Waals surface area (Å²) in [6.07, 6.45) is 4.18. The minimum atomic E-state index is -3.30. The molecule has 1 N–H and O–H groups in total. The molecule has 0 spiro atoms. The Bertz CT molecular complexity index is 1270. The van der Waals surface area contributed by atoms with Crippen LogP contribution in [0.5, 0.6) is 0 Å². The summed E-state index contributed by atoms with van der Waals surface area (Å²) in [6.45, 7) is 4.12. The fourth-order valence-corrected chi connectivity index (χ4v) is 5.23. The molecule has 1 aromatic heterocycles. The maximum absolute atomic E-state index is 13.7. The summed E-state index contributed by atoms with van der Waals surface area (Å²) in [5.74, 6) is -0.310. The van der Waals surface area contributed by atoms with Crippen molar-refractivity contribution in [2.75, 3.05) is 39.7 Å². The fourth-order valence-electron chi connectivity index (χ4n) is 4.60. The molecule has 37 heavy (non-hydrogen) atoms.